The van der Waals surface area contributed by atoms with Gasteiger partial charge in [0, 0.05) is 17.3 Å². The lowest BCUT2D eigenvalue weighted by molar-refractivity contribution is 0.276. The Morgan fingerprint density at radius 3 is 2.24 bits per heavy atom. The van der Waals surface area contributed by atoms with Crippen molar-refractivity contribution in [2.24, 2.45) is 5.84 Å². The third-order valence-corrected chi connectivity index (χ3v) is 4.60. The number of hydrogen-bond acceptors (Lipinski definition) is 3. The number of hydrazine groups is 1. The van der Waals surface area contributed by atoms with Crippen molar-refractivity contribution in [2.75, 3.05) is 0 Å². The number of nitrogens with two attached hydrogens (primary N) is 1. The molecule has 1 heterocycles. The van der Waals surface area contributed by atoms with Gasteiger partial charge in [-0.3, -0.25) is 16.3 Å². The Kier molecular flexibility index (Phi) is 5.10. The minimum absolute atomic E-state index is 0.0348. The highest BCUT2D eigenvalue weighted by atomic mass is 15.2. The van der Waals surface area contributed by atoms with Gasteiger partial charge in [-0.15, -0.1) is 0 Å². The maximum absolute atomic E-state index is 5.94. The molecule has 1 aromatic heterocycles. The van der Waals surface area contributed by atoms with E-state index in [0.717, 1.165) is 24.1 Å². The second kappa shape index (κ2) is 6.83. The van der Waals surface area contributed by atoms with Crippen molar-refractivity contribution in [2.45, 2.75) is 45.1 Å². The van der Waals surface area contributed by atoms with E-state index in [1.165, 1.54) is 5.56 Å². The topological polar surface area (TPSA) is 50.9 Å². The number of aromatic nitrogens is 1. The summed E-state index contributed by atoms with van der Waals surface area (Å²) in [6, 6.07) is 14.8. The predicted octanol–water partition coefficient (Wildman–Crippen LogP) is 3.65. The molecule has 1 atom stereocenters. The normalized spacial score (nSPS) is 13.1. The molecule has 0 aliphatic carbocycles. The monoisotopic (exact) mass is 283 g/mol. The predicted molar refractivity (Wildman–Crippen MR) is 87.7 cm³/mol. The van der Waals surface area contributed by atoms with Gasteiger partial charge in [0.05, 0.1) is 6.04 Å². The van der Waals surface area contributed by atoms with E-state index in [-0.39, 0.29) is 11.5 Å². The Morgan fingerprint density at radius 1 is 1.10 bits per heavy atom. The highest BCUT2D eigenvalue weighted by Gasteiger charge is 2.37. The molecule has 0 bridgehead atoms. The highest BCUT2D eigenvalue weighted by molar-refractivity contribution is 5.32. The van der Waals surface area contributed by atoms with Crippen molar-refractivity contribution in [3.8, 4) is 0 Å². The zero-order chi connectivity index (χ0) is 15.3. The van der Waals surface area contributed by atoms with Gasteiger partial charge < -0.3 is 0 Å². The van der Waals surface area contributed by atoms with Crippen LogP contribution in [0.1, 0.15) is 49.6 Å². The first-order valence-corrected chi connectivity index (χ1v) is 7.62. The van der Waals surface area contributed by atoms with E-state index in [0.29, 0.717) is 0 Å². The van der Waals surface area contributed by atoms with Crippen LogP contribution in [-0.2, 0) is 5.41 Å². The van der Waals surface area contributed by atoms with Crippen LogP contribution in [0, 0.1) is 6.92 Å². The summed E-state index contributed by atoms with van der Waals surface area (Å²) in [5.74, 6) is 5.94. The summed E-state index contributed by atoms with van der Waals surface area (Å²) in [5.41, 5.74) is 6.48. The van der Waals surface area contributed by atoms with Gasteiger partial charge in [0.15, 0.2) is 0 Å². The Balaban J connectivity index is 2.51. The molecule has 0 aliphatic rings. The lowest BCUT2D eigenvalue weighted by atomic mass is 9.68. The van der Waals surface area contributed by atoms with Gasteiger partial charge in [-0.25, -0.2) is 0 Å². The maximum Gasteiger partial charge on any atom is 0.0571 e. The first-order chi connectivity index (χ1) is 10.2. The number of aryl methyl sites for hydroxylation is 1. The van der Waals surface area contributed by atoms with Crippen molar-refractivity contribution in [3.05, 3.63) is 65.5 Å². The van der Waals surface area contributed by atoms with Crippen LogP contribution in [0.2, 0.25) is 0 Å². The lowest BCUT2D eigenvalue weighted by Crippen LogP contribution is -2.44. The summed E-state index contributed by atoms with van der Waals surface area (Å²) in [6.07, 6.45) is 3.95. The van der Waals surface area contributed by atoms with Gasteiger partial charge in [0.2, 0.25) is 0 Å². The van der Waals surface area contributed by atoms with Crippen molar-refractivity contribution in [3.63, 3.8) is 0 Å². The van der Waals surface area contributed by atoms with E-state index in [1.54, 1.807) is 0 Å². The molecular formula is C18H25N3. The molecule has 0 fully saturated rings. The summed E-state index contributed by atoms with van der Waals surface area (Å²) >= 11 is 0. The van der Waals surface area contributed by atoms with Crippen LogP contribution in [0.4, 0.5) is 0 Å². The fourth-order valence-corrected chi connectivity index (χ4v) is 3.23. The van der Waals surface area contributed by atoms with E-state index in [9.17, 15) is 0 Å². The molecule has 1 aromatic carbocycles. The van der Waals surface area contributed by atoms with Crippen LogP contribution in [0.15, 0.2) is 48.7 Å². The molecule has 0 aliphatic heterocycles. The van der Waals surface area contributed by atoms with Gasteiger partial charge in [0.25, 0.3) is 0 Å². The summed E-state index contributed by atoms with van der Waals surface area (Å²) < 4.78 is 0. The van der Waals surface area contributed by atoms with E-state index >= 15 is 0 Å². The molecule has 0 radical (unpaired) electrons. The zero-order valence-corrected chi connectivity index (χ0v) is 13.1. The summed E-state index contributed by atoms with van der Waals surface area (Å²) in [7, 11) is 0. The average Bonchev–Trinajstić information content (AvgIpc) is 2.55. The van der Waals surface area contributed by atoms with Crippen LogP contribution in [-0.4, -0.2) is 4.98 Å². The Morgan fingerprint density at radius 2 is 1.76 bits per heavy atom. The van der Waals surface area contributed by atoms with E-state index in [2.05, 4.69) is 60.7 Å². The number of nitrogens with one attached hydrogen (secondary N) is 1. The Bertz CT molecular complexity index is 544. The fourth-order valence-electron chi connectivity index (χ4n) is 3.23. The number of rotatable bonds is 6. The molecular weight excluding hydrogens is 258 g/mol. The van der Waals surface area contributed by atoms with Crippen LogP contribution in [0.25, 0.3) is 0 Å². The molecule has 3 N–H and O–H groups in total. The molecule has 0 saturated carbocycles. The molecule has 0 spiro atoms. The smallest absolute Gasteiger partial charge is 0.0571 e. The van der Waals surface area contributed by atoms with Gasteiger partial charge in [-0.2, -0.15) is 0 Å². The third kappa shape index (κ3) is 2.99. The largest absolute Gasteiger partial charge is 0.271 e. The van der Waals surface area contributed by atoms with Crippen LogP contribution in [0.5, 0.6) is 0 Å². The molecule has 2 rings (SSSR count). The van der Waals surface area contributed by atoms with E-state index in [1.807, 2.05) is 19.2 Å². The minimum Gasteiger partial charge on any atom is -0.271 e. The molecule has 3 nitrogen and oxygen atoms in total. The zero-order valence-electron chi connectivity index (χ0n) is 13.1. The third-order valence-electron chi connectivity index (χ3n) is 4.60. The van der Waals surface area contributed by atoms with Crippen LogP contribution < -0.4 is 11.3 Å². The summed E-state index contributed by atoms with van der Waals surface area (Å²) in [6.45, 7) is 6.45. The molecule has 3 heteroatoms. The van der Waals surface area contributed by atoms with Crippen molar-refractivity contribution < 1.29 is 0 Å². The van der Waals surface area contributed by atoms with Crippen molar-refractivity contribution >= 4 is 0 Å². The van der Waals surface area contributed by atoms with Crippen molar-refractivity contribution in [1.82, 2.24) is 10.4 Å². The molecule has 1 unspecified atom stereocenters. The molecule has 0 saturated heterocycles. The standard InChI is InChI=1S/C18H25N3/c1-4-18(5-2,16-9-7-6-8-10-16)17(21-19)15-12-11-14(3)20-13-15/h6-13,17,21H,4-5,19H2,1-3H3. The number of hydrogen-bond donors (Lipinski definition) is 2. The first kappa shape index (κ1) is 15.7. The van der Waals surface area contributed by atoms with Gasteiger partial charge in [-0.1, -0.05) is 50.2 Å². The Hall–Kier alpha value is -1.71. The number of benzene rings is 1. The minimum atomic E-state index is -0.0348. The number of nitrogens with zero attached hydrogens (tertiary/aromatic N) is 1. The van der Waals surface area contributed by atoms with Crippen LogP contribution >= 0.6 is 0 Å². The highest BCUT2D eigenvalue weighted by Crippen LogP contribution is 2.42. The fraction of sp³-hybridized carbons (Fsp3) is 0.389. The molecule has 2 aromatic rings. The Labute approximate surface area is 127 Å². The summed E-state index contributed by atoms with van der Waals surface area (Å²) in [4.78, 5) is 4.43. The molecule has 0 amide bonds. The van der Waals surface area contributed by atoms with Gasteiger partial charge in [-0.05, 0) is 37.0 Å². The quantitative estimate of drug-likeness (QED) is 0.628. The maximum atomic E-state index is 5.94. The van der Waals surface area contributed by atoms with Gasteiger partial charge in [0.1, 0.15) is 0 Å². The number of pyridine rings is 1. The van der Waals surface area contributed by atoms with Crippen molar-refractivity contribution in [1.29, 1.82) is 0 Å². The lowest BCUT2D eigenvalue weighted by Gasteiger charge is -2.40. The molecule has 21 heavy (non-hydrogen) atoms. The second-order valence-corrected chi connectivity index (χ2v) is 5.56. The molecule has 112 valence electrons. The van der Waals surface area contributed by atoms with Crippen LogP contribution in [0.3, 0.4) is 0 Å². The first-order valence-electron chi connectivity index (χ1n) is 7.62. The average molecular weight is 283 g/mol. The van der Waals surface area contributed by atoms with E-state index in [4.69, 9.17) is 5.84 Å². The SMILES string of the molecule is CCC(CC)(c1ccccc1)C(NN)c1ccc(C)nc1. The van der Waals surface area contributed by atoms with Gasteiger partial charge >= 0.3 is 0 Å². The van der Waals surface area contributed by atoms with E-state index < -0.39 is 0 Å². The summed E-state index contributed by atoms with van der Waals surface area (Å²) in [5, 5.41) is 0. The second-order valence-electron chi connectivity index (χ2n) is 5.56.